The Morgan fingerprint density at radius 3 is 1.43 bits per heavy atom. The van der Waals surface area contributed by atoms with E-state index in [0.717, 1.165) is 51.9 Å². The van der Waals surface area contributed by atoms with Crippen LogP contribution in [0.3, 0.4) is 0 Å². The zero-order valence-electron chi connectivity index (χ0n) is 23.8. The van der Waals surface area contributed by atoms with Crippen molar-refractivity contribution in [3.63, 3.8) is 0 Å². The van der Waals surface area contributed by atoms with Crippen molar-refractivity contribution in [1.29, 1.82) is 0 Å². The van der Waals surface area contributed by atoms with Gasteiger partial charge in [-0.25, -0.2) is 9.59 Å². The van der Waals surface area contributed by atoms with Gasteiger partial charge in [-0.05, 0) is 77.5 Å². The van der Waals surface area contributed by atoms with Crippen LogP contribution in [0.25, 0.3) is 0 Å². The van der Waals surface area contributed by atoms with E-state index in [1.165, 1.54) is 24.0 Å². The Hall–Kier alpha value is -2.28. The van der Waals surface area contributed by atoms with E-state index in [2.05, 4.69) is 9.80 Å². The smallest absolute Gasteiger partial charge is 0.407 e. The molecule has 2 unspecified atom stereocenters. The lowest BCUT2D eigenvalue weighted by Gasteiger charge is -2.55. The van der Waals surface area contributed by atoms with E-state index in [1.807, 2.05) is 0 Å². The lowest BCUT2D eigenvalue weighted by molar-refractivity contribution is -0.156. The van der Waals surface area contributed by atoms with Crippen molar-refractivity contribution < 1.29 is 38.9 Å². The summed E-state index contributed by atoms with van der Waals surface area (Å²) in [5, 5.41) is 20.7. The van der Waals surface area contributed by atoms with Crippen LogP contribution in [0.15, 0.2) is 0 Å². The average Bonchev–Trinajstić information content (AvgIpc) is 2.95. The molecule has 6 saturated heterocycles. The molecule has 0 aromatic heterocycles. The van der Waals surface area contributed by atoms with Gasteiger partial charge in [0.05, 0.1) is 26.3 Å². The highest BCUT2D eigenvalue weighted by atomic mass is 16.5. The van der Waals surface area contributed by atoms with E-state index in [1.54, 1.807) is 0 Å². The van der Waals surface area contributed by atoms with E-state index in [9.17, 15) is 29.4 Å². The van der Waals surface area contributed by atoms with E-state index in [0.29, 0.717) is 25.7 Å². The van der Waals surface area contributed by atoms with Crippen molar-refractivity contribution in [2.24, 2.45) is 11.8 Å². The fraction of sp³-hybridized carbons (Fsp3) is 0.857. The van der Waals surface area contributed by atoms with Crippen molar-refractivity contribution in [2.75, 3.05) is 66.7 Å². The standard InChI is InChI=1S/C28H44N4O8/c1-39-17-27(23(33)19-6-10-29(27)11-7-19)15-31(25(35)36)21-4-3-5-22(14-21)32(26(37)38)16-28(18-40-2)24(34)20-8-12-30(28)13-9-20/h19-22H,3-18H2,1-2H3,(H,35,36)(H,37,38)/t21-,22+,27?,28?. The fourth-order valence-corrected chi connectivity index (χ4v) is 8.43. The summed E-state index contributed by atoms with van der Waals surface area (Å²) in [7, 11) is 3.08. The molecule has 12 nitrogen and oxygen atoms in total. The molecule has 7 rings (SSSR count). The van der Waals surface area contributed by atoms with Gasteiger partial charge in [0.15, 0.2) is 11.6 Å². The number of hydrogen-bond acceptors (Lipinski definition) is 8. The fourth-order valence-electron chi connectivity index (χ4n) is 8.43. The number of amides is 2. The minimum Gasteiger partial charge on any atom is -0.465 e. The van der Waals surface area contributed by atoms with Gasteiger partial charge >= 0.3 is 12.2 Å². The zero-order valence-corrected chi connectivity index (χ0v) is 23.8. The van der Waals surface area contributed by atoms with Crippen molar-refractivity contribution in [1.82, 2.24) is 19.6 Å². The van der Waals surface area contributed by atoms with Crippen LogP contribution in [-0.4, -0.2) is 143 Å². The van der Waals surface area contributed by atoms with Crippen LogP contribution in [-0.2, 0) is 19.1 Å². The van der Waals surface area contributed by atoms with Crippen LogP contribution in [0.5, 0.6) is 0 Å². The number of piperidine rings is 6. The van der Waals surface area contributed by atoms with E-state index < -0.39 is 35.3 Å². The number of nitrogens with zero attached hydrogens (tertiary/aromatic N) is 4. The minimum atomic E-state index is -1.11. The highest BCUT2D eigenvalue weighted by Crippen LogP contribution is 2.40. The highest BCUT2D eigenvalue weighted by molar-refractivity contribution is 5.93. The number of carbonyl (C=O) groups excluding carboxylic acids is 2. The van der Waals surface area contributed by atoms with Gasteiger partial charge in [-0.3, -0.25) is 19.4 Å². The SMILES string of the molecule is COCC1(CN(C(=O)O)[C@@H]2CCC[C@H](N(CC3(COC)C(=O)C4CCN3CC4)C(=O)O)C2)C(=O)C2CCN1CC2. The predicted octanol–water partition coefficient (Wildman–Crippen LogP) is 1.62. The molecule has 4 bridgehead atoms. The van der Waals surface area contributed by atoms with Crippen LogP contribution >= 0.6 is 0 Å². The zero-order chi connectivity index (χ0) is 28.7. The van der Waals surface area contributed by atoms with Crippen molar-refractivity contribution >= 4 is 23.8 Å². The summed E-state index contributed by atoms with van der Waals surface area (Å²) in [6, 6.07) is -0.892. The van der Waals surface area contributed by atoms with Crippen molar-refractivity contribution in [2.45, 2.75) is 74.5 Å². The Kier molecular flexibility index (Phi) is 8.43. The molecule has 4 atom stereocenters. The molecular weight excluding hydrogens is 520 g/mol. The number of carboxylic acid groups (broad SMARTS) is 2. The first-order chi connectivity index (χ1) is 19.2. The Morgan fingerprint density at radius 1 is 0.750 bits per heavy atom. The molecule has 7 fully saturated rings. The summed E-state index contributed by atoms with van der Waals surface area (Å²) in [6.45, 7) is 3.22. The first-order valence-corrected chi connectivity index (χ1v) is 14.7. The Morgan fingerprint density at radius 2 is 1.12 bits per heavy atom. The first kappa shape index (κ1) is 29.2. The third-order valence-corrected chi connectivity index (χ3v) is 10.5. The van der Waals surface area contributed by atoms with Gasteiger partial charge in [-0.2, -0.15) is 0 Å². The molecule has 12 heteroatoms. The third kappa shape index (κ3) is 4.90. The monoisotopic (exact) mass is 564 g/mol. The summed E-state index contributed by atoms with van der Waals surface area (Å²) < 4.78 is 11.0. The van der Waals surface area contributed by atoms with E-state index >= 15 is 0 Å². The summed E-state index contributed by atoms with van der Waals surface area (Å²) in [4.78, 5) is 59.4. The highest BCUT2D eigenvalue weighted by Gasteiger charge is 2.57. The number of ketones is 2. The lowest BCUT2D eigenvalue weighted by Crippen LogP contribution is -2.72. The molecule has 0 spiro atoms. The summed E-state index contributed by atoms with van der Waals surface area (Å²) in [5.74, 6) is -0.0430. The molecule has 224 valence electrons. The number of carbonyl (C=O) groups is 4. The Labute approximate surface area is 235 Å². The maximum absolute atomic E-state index is 13.5. The van der Waals surface area contributed by atoms with Gasteiger partial charge in [0.25, 0.3) is 0 Å². The second-order valence-corrected chi connectivity index (χ2v) is 12.5. The molecule has 0 aromatic rings. The van der Waals surface area contributed by atoms with Crippen LogP contribution in [0.2, 0.25) is 0 Å². The Balaban J connectivity index is 1.37. The second kappa shape index (κ2) is 11.5. The molecule has 1 saturated carbocycles. The van der Waals surface area contributed by atoms with Crippen LogP contribution in [0, 0.1) is 11.8 Å². The molecule has 40 heavy (non-hydrogen) atoms. The van der Waals surface area contributed by atoms with E-state index in [-0.39, 0.29) is 49.7 Å². The molecule has 2 amide bonds. The summed E-state index contributed by atoms with van der Waals surface area (Å²) in [6.07, 6.45) is 3.08. The molecule has 1 aliphatic carbocycles. The third-order valence-electron chi connectivity index (χ3n) is 10.5. The normalized spacial score (nSPS) is 38.9. The predicted molar refractivity (Wildman–Crippen MR) is 143 cm³/mol. The van der Waals surface area contributed by atoms with Crippen LogP contribution < -0.4 is 0 Å². The average molecular weight is 565 g/mol. The largest absolute Gasteiger partial charge is 0.465 e. The minimum absolute atomic E-state index is 0.0114. The number of fused-ring (bicyclic) bond motifs is 6. The molecular formula is C28H44N4O8. The number of ether oxygens (including phenoxy) is 2. The molecule has 2 N–H and O–H groups in total. The number of rotatable bonds is 10. The van der Waals surface area contributed by atoms with Gasteiger partial charge < -0.3 is 29.5 Å². The second-order valence-electron chi connectivity index (χ2n) is 12.5. The molecule has 7 aliphatic rings. The van der Waals surface area contributed by atoms with Gasteiger partial charge in [0.2, 0.25) is 0 Å². The van der Waals surface area contributed by atoms with Crippen LogP contribution in [0.1, 0.15) is 51.4 Å². The summed E-state index contributed by atoms with van der Waals surface area (Å²) >= 11 is 0. The lowest BCUT2D eigenvalue weighted by atomic mass is 9.72. The Bertz CT molecular complexity index is 919. The van der Waals surface area contributed by atoms with Crippen molar-refractivity contribution in [3.8, 4) is 0 Å². The van der Waals surface area contributed by atoms with Gasteiger partial charge in [-0.15, -0.1) is 0 Å². The van der Waals surface area contributed by atoms with Gasteiger partial charge in [-0.1, -0.05) is 0 Å². The molecule has 0 radical (unpaired) electrons. The van der Waals surface area contributed by atoms with E-state index in [4.69, 9.17) is 9.47 Å². The number of hydrogen-bond donors (Lipinski definition) is 2. The number of Topliss-reactive ketones (excluding diaryl/α,β-unsaturated/α-hetero) is 2. The maximum atomic E-state index is 13.5. The van der Waals surface area contributed by atoms with Crippen LogP contribution in [0.4, 0.5) is 9.59 Å². The topological polar surface area (TPSA) is 140 Å². The van der Waals surface area contributed by atoms with Gasteiger partial charge in [0, 0.05) is 38.1 Å². The quantitative estimate of drug-likeness (QED) is 0.402. The maximum Gasteiger partial charge on any atom is 0.407 e. The summed E-state index contributed by atoms with van der Waals surface area (Å²) in [5.41, 5.74) is -2.03. The van der Waals surface area contributed by atoms with Crippen molar-refractivity contribution in [3.05, 3.63) is 0 Å². The molecule has 0 aromatic carbocycles. The molecule has 6 heterocycles. The first-order valence-electron chi connectivity index (χ1n) is 14.7. The number of methoxy groups -OCH3 is 2. The van der Waals surface area contributed by atoms with Gasteiger partial charge in [0.1, 0.15) is 11.1 Å². The molecule has 6 aliphatic heterocycles.